The summed E-state index contributed by atoms with van der Waals surface area (Å²) < 4.78 is 0. The van der Waals surface area contributed by atoms with Gasteiger partial charge in [-0.05, 0) is 48.1 Å². The zero-order valence-corrected chi connectivity index (χ0v) is 7.77. The zero-order valence-electron chi connectivity index (χ0n) is 6.95. The predicted molar refractivity (Wildman–Crippen MR) is 50.4 cm³/mol. The van der Waals surface area contributed by atoms with Gasteiger partial charge in [0.15, 0.2) is 0 Å². The van der Waals surface area contributed by atoms with Crippen molar-refractivity contribution in [3.05, 3.63) is 22.4 Å². The van der Waals surface area contributed by atoms with E-state index in [0.29, 0.717) is 0 Å². The number of hydrogen-bond acceptors (Lipinski definition) is 2. The molecule has 64 valence electrons. The summed E-state index contributed by atoms with van der Waals surface area (Å²) in [4.78, 5) is 10.7. The fourth-order valence-electron chi connectivity index (χ4n) is 1.42. The molecular formula is C10H12OS. The molecule has 1 aliphatic rings. The molecule has 1 nitrogen and oxygen atoms in total. The molecule has 2 heteroatoms. The molecule has 0 radical (unpaired) electrons. The van der Waals surface area contributed by atoms with E-state index in [9.17, 15) is 4.79 Å². The van der Waals surface area contributed by atoms with E-state index in [4.69, 9.17) is 0 Å². The summed E-state index contributed by atoms with van der Waals surface area (Å²) in [7, 11) is 0. The van der Waals surface area contributed by atoms with Gasteiger partial charge in [-0.3, -0.25) is 0 Å². The molecule has 0 unspecified atom stereocenters. The average molecular weight is 180 g/mol. The van der Waals surface area contributed by atoms with Gasteiger partial charge >= 0.3 is 0 Å². The minimum atomic E-state index is 0.0853. The molecule has 0 aliphatic heterocycles. The molecule has 0 aromatic carbocycles. The quantitative estimate of drug-likeness (QED) is 0.651. The van der Waals surface area contributed by atoms with Crippen LogP contribution in [-0.2, 0) is 11.2 Å². The van der Waals surface area contributed by atoms with E-state index >= 15 is 0 Å². The van der Waals surface area contributed by atoms with Crippen LogP contribution in [0.3, 0.4) is 0 Å². The van der Waals surface area contributed by atoms with Crippen molar-refractivity contribution in [1.29, 1.82) is 0 Å². The highest BCUT2D eigenvalue weighted by Gasteiger charge is 2.41. The van der Waals surface area contributed by atoms with E-state index in [2.05, 4.69) is 16.8 Å². The largest absolute Gasteiger partial charge is 0.303 e. The fraction of sp³-hybridized carbons (Fsp3) is 0.500. The predicted octanol–water partition coefficient (Wildman–Crippen LogP) is 2.66. The van der Waals surface area contributed by atoms with Crippen LogP contribution >= 0.6 is 11.3 Å². The van der Waals surface area contributed by atoms with Gasteiger partial charge in [0.2, 0.25) is 0 Å². The van der Waals surface area contributed by atoms with E-state index < -0.39 is 0 Å². The van der Waals surface area contributed by atoms with Gasteiger partial charge in [0.1, 0.15) is 6.29 Å². The third-order valence-corrected chi connectivity index (χ3v) is 3.37. The van der Waals surface area contributed by atoms with Gasteiger partial charge in [-0.15, -0.1) is 0 Å². The Morgan fingerprint density at radius 2 is 2.42 bits per heavy atom. The van der Waals surface area contributed by atoms with Crippen molar-refractivity contribution >= 4 is 17.6 Å². The summed E-state index contributed by atoms with van der Waals surface area (Å²) in [6, 6.07) is 2.14. The maximum absolute atomic E-state index is 10.7. The fourth-order valence-corrected chi connectivity index (χ4v) is 2.12. The van der Waals surface area contributed by atoms with Gasteiger partial charge in [-0.1, -0.05) is 0 Å². The zero-order chi connectivity index (χ0) is 8.44. The van der Waals surface area contributed by atoms with Crippen molar-refractivity contribution in [2.75, 3.05) is 0 Å². The highest BCUT2D eigenvalue weighted by Crippen LogP contribution is 2.47. The molecule has 1 saturated carbocycles. The van der Waals surface area contributed by atoms with Crippen LogP contribution in [0.15, 0.2) is 16.8 Å². The van der Waals surface area contributed by atoms with Crippen LogP contribution in [0, 0.1) is 5.41 Å². The van der Waals surface area contributed by atoms with Crippen molar-refractivity contribution in [3.8, 4) is 0 Å². The normalized spacial score (nSPS) is 19.0. The highest BCUT2D eigenvalue weighted by molar-refractivity contribution is 7.07. The summed E-state index contributed by atoms with van der Waals surface area (Å²) in [6.07, 6.45) is 5.50. The topological polar surface area (TPSA) is 17.1 Å². The minimum Gasteiger partial charge on any atom is -0.303 e. The summed E-state index contributed by atoms with van der Waals surface area (Å²) >= 11 is 1.73. The third kappa shape index (κ3) is 1.58. The standard InChI is InChI=1S/C10H12OS/c11-8-10(4-5-10)3-1-9-2-6-12-7-9/h2,6-8H,1,3-5H2. The molecule has 1 aromatic heterocycles. The molecule has 0 N–H and O–H groups in total. The van der Waals surface area contributed by atoms with Crippen LogP contribution in [0.5, 0.6) is 0 Å². The molecule has 1 fully saturated rings. The number of hydrogen-bond donors (Lipinski definition) is 0. The maximum atomic E-state index is 10.7. The summed E-state index contributed by atoms with van der Waals surface area (Å²) in [5.41, 5.74) is 1.47. The molecule has 1 heterocycles. The van der Waals surface area contributed by atoms with Crippen LogP contribution in [-0.4, -0.2) is 6.29 Å². The van der Waals surface area contributed by atoms with E-state index in [1.54, 1.807) is 11.3 Å². The summed E-state index contributed by atoms with van der Waals surface area (Å²) in [5.74, 6) is 0. The van der Waals surface area contributed by atoms with Gasteiger partial charge in [-0.2, -0.15) is 11.3 Å². The molecule has 0 atom stereocenters. The Balaban J connectivity index is 1.86. The van der Waals surface area contributed by atoms with Crippen molar-refractivity contribution in [1.82, 2.24) is 0 Å². The molecule has 0 saturated heterocycles. The smallest absolute Gasteiger partial charge is 0.126 e. The van der Waals surface area contributed by atoms with Crippen molar-refractivity contribution in [2.45, 2.75) is 25.7 Å². The number of carbonyl (C=O) groups excluding carboxylic acids is 1. The first-order chi connectivity index (χ1) is 5.85. The molecule has 1 aliphatic carbocycles. The van der Waals surface area contributed by atoms with E-state index in [-0.39, 0.29) is 5.41 Å². The van der Waals surface area contributed by atoms with E-state index in [1.165, 1.54) is 5.56 Å². The first-order valence-corrected chi connectivity index (χ1v) is 5.26. The number of carbonyl (C=O) groups is 1. The van der Waals surface area contributed by atoms with E-state index in [0.717, 1.165) is 32.0 Å². The van der Waals surface area contributed by atoms with Gasteiger partial charge in [-0.25, -0.2) is 0 Å². The second-order valence-electron chi connectivity index (χ2n) is 3.61. The molecule has 1 aromatic rings. The van der Waals surface area contributed by atoms with Crippen molar-refractivity contribution in [2.24, 2.45) is 5.41 Å². The Hall–Kier alpha value is -0.630. The lowest BCUT2D eigenvalue weighted by Crippen LogP contribution is -2.02. The second kappa shape index (κ2) is 3.02. The number of aldehydes is 1. The maximum Gasteiger partial charge on any atom is 0.126 e. The lowest BCUT2D eigenvalue weighted by molar-refractivity contribution is -0.112. The number of aryl methyl sites for hydroxylation is 1. The monoisotopic (exact) mass is 180 g/mol. The summed E-state index contributed by atoms with van der Waals surface area (Å²) in [6.45, 7) is 0. The minimum absolute atomic E-state index is 0.0853. The van der Waals surface area contributed by atoms with Crippen LogP contribution < -0.4 is 0 Å². The van der Waals surface area contributed by atoms with Gasteiger partial charge < -0.3 is 4.79 Å². The van der Waals surface area contributed by atoms with Crippen molar-refractivity contribution in [3.63, 3.8) is 0 Å². The van der Waals surface area contributed by atoms with Crippen LogP contribution in [0.4, 0.5) is 0 Å². The van der Waals surface area contributed by atoms with E-state index in [1.807, 2.05) is 0 Å². The van der Waals surface area contributed by atoms with Crippen molar-refractivity contribution < 1.29 is 4.79 Å². The Kier molecular flexibility index (Phi) is 2.01. The Morgan fingerprint density at radius 3 is 2.92 bits per heavy atom. The highest BCUT2D eigenvalue weighted by atomic mass is 32.1. The molecule has 0 amide bonds. The summed E-state index contributed by atoms with van der Waals surface area (Å²) in [5, 5.41) is 4.26. The number of rotatable bonds is 4. The first-order valence-electron chi connectivity index (χ1n) is 4.32. The van der Waals surface area contributed by atoms with Gasteiger partial charge in [0, 0.05) is 5.41 Å². The Bertz CT molecular complexity index is 259. The lowest BCUT2D eigenvalue weighted by atomic mass is 10.00. The number of thiophene rings is 1. The Labute approximate surface area is 76.4 Å². The van der Waals surface area contributed by atoms with Crippen LogP contribution in [0.25, 0.3) is 0 Å². The molecule has 0 spiro atoms. The molecule has 12 heavy (non-hydrogen) atoms. The molecule has 0 bridgehead atoms. The first kappa shape index (κ1) is 7.99. The SMILES string of the molecule is O=CC1(CCc2ccsc2)CC1. The average Bonchev–Trinajstić information content (AvgIpc) is 2.70. The molecule has 2 rings (SSSR count). The second-order valence-corrected chi connectivity index (χ2v) is 4.39. The van der Waals surface area contributed by atoms with Gasteiger partial charge in [0.05, 0.1) is 0 Å². The third-order valence-electron chi connectivity index (χ3n) is 2.63. The van der Waals surface area contributed by atoms with Crippen LogP contribution in [0.2, 0.25) is 0 Å². The van der Waals surface area contributed by atoms with Gasteiger partial charge in [0.25, 0.3) is 0 Å². The van der Waals surface area contributed by atoms with Crippen LogP contribution in [0.1, 0.15) is 24.8 Å². The molecular weight excluding hydrogens is 168 g/mol. The lowest BCUT2D eigenvalue weighted by Gasteiger charge is -2.03. The Morgan fingerprint density at radius 1 is 1.58 bits per heavy atom.